The molecular formula is C25H29N3O3. The third-order valence-electron chi connectivity index (χ3n) is 5.85. The summed E-state index contributed by atoms with van der Waals surface area (Å²) in [6.07, 6.45) is 2.38. The lowest BCUT2D eigenvalue weighted by atomic mass is 10.0. The first-order valence-corrected chi connectivity index (χ1v) is 10.9. The number of anilines is 1. The Morgan fingerprint density at radius 3 is 2.65 bits per heavy atom. The van der Waals surface area contributed by atoms with Crippen molar-refractivity contribution in [3.63, 3.8) is 0 Å². The summed E-state index contributed by atoms with van der Waals surface area (Å²) < 4.78 is 7.84. The topological polar surface area (TPSA) is 72.4 Å². The standard InChI is InChI=1S/C25H29N3O3/c1-3-23(29)27-20-10-11-21-19(14-20)15-22(28(21)16-18-8-5-4-6-9-18)24(30)26-17-25(2)12-7-13-31-25/h4-6,8-11,14-15H,3,7,12-13,16-17H2,1-2H3,(H,26,30)(H,27,29). The van der Waals surface area contributed by atoms with E-state index < -0.39 is 0 Å². The average Bonchev–Trinajstić information content (AvgIpc) is 3.37. The molecule has 6 heteroatoms. The predicted molar refractivity (Wildman–Crippen MR) is 122 cm³/mol. The maximum atomic E-state index is 13.2. The second-order valence-corrected chi connectivity index (χ2v) is 8.36. The maximum Gasteiger partial charge on any atom is 0.268 e. The number of amides is 2. The van der Waals surface area contributed by atoms with Gasteiger partial charge in [0, 0.05) is 42.7 Å². The summed E-state index contributed by atoms with van der Waals surface area (Å²) in [7, 11) is 0. The average molecular weight is 420 g/mol. The van der Waals surface area contributed by atoms with Gasteiger partial charge in [-0.25, -0.2) is 0 Å². The SMILES string of the molecule is CCC(=O)Nc1ccc2c(c1)cc(C(=O)NCC1(C)CCCO1)n2Cc1ccccc1. The second-order valence-electron chi connectivity index (χ2n) is 8.36. The molecule has 0 bridgehead atoms. The van der Waals surface area contributed by atoms with Crippen molar-refractivity contribution in [3.8, 4) is 0 Å². The highest BCUT2D eigenvalue weighted by molar-refractivity contribution is 6.00. The maximum absolute atomic E-state index is 13.2. The van der Waals surface area contributed by atoms with Gasteiger partial charge in [-0.05, 0) is 49.6 Å². The number of aromatic nitrogens is 1. The fourth-order valence-corrected chi connectivity index (χ4v) is 4.06. The Morgan fingerprint density at radius 1 is 1.13 bits per heavy atom. The van der Waals surface area contributed by atoms with Gasteiger partial charge >= 0.3 is 0 Å². The van der Waals surface area contributed by atoms with E-state index in [9.17, 15) is 9.59 Å². The normalized spacial score (nSPS) is 18.3. The summed E-state index contributed by atoms with van der Waals surface area (Å²) in [5, 5.41) is 6.88. The van der Waals surface area contributed by atoms with E-state index >= 15 is 0 Å². The molecule has 2 amide bonds. The number of nitrogens with one attached hydrogen (secondary N) is 2. The highest BCUT2D eigenvalue weighted by atomic mass is 16.5. The van der Waals surface area contributed by atoms with Crippen LogP contribution in [0.1, 0.15) is 49.2 Å². The summed E-state index contributed by atoms with van der Waals surface area (Å²) in [4.78, 5) is 25.0. The molecule has 6 nitrogen and oxygen atoms in total. The highest BCUT2D eigenvalue weighted by Gasteiger charge is 2.30. The molecule has 3 aromatic rings. The molecule has 1 unspecified atom stereocenters. The molecule has 0 spiro atoms. The number of ether oxygens (including phenoxy) is 1. The van der Waals surface area contributed by atoms with Crippen LogP contribution < -0.4 is 10.6 Å². The third kappa shape index (κ3) is 4.80. The number of hydrogen-bond acceptors (Lipinski definition) is 3. The van der Waals surface area contributed by atoms with Gasteiger partial charge in [0.05, 0.1) is 5.60 Å². The van der Waals surface area contributed by atoms with Crippen LogP contribution in [0.5, 0.6) is 0 Å². The molecule has 162 valence electrons. The van der Waals surface area contributed by atoms with Crippen LogP contribution >= 0.6 is 0 Å². The summed E-state index contributed by atoms with van der Waals surface area (Å²) in [5.41, 5.74) is 3.09. The molecule has 4 rings (SSSR count). The minimum Gasteiger partial charge on any atom is -0.373 e. The van der Waals surface area contributed by atoms with E-state index in [1.165, 1.54) is 0 Å². The third-order valence-corrected chi connectivity index (χ3v) is 5.85. The first kappa shape index (κ1) is 21.1. The first-order valence-electron chi connectivity index (χ1n) is 10.9. The molecule has 1 aliphatic rings. The molecule has 1 aliphatic heterocycles. The molecule has 0 aliphatic carbocycles. The molecule has 1 aromatic heterocycles. The van der Waals surface area contributed by atoms with Gasteiger partial charge in [-0.3, -0.25) is 9.59 Å². The van der Waals surface area contributed by atoms with Gasteiger partial charge in [0.2, 0.25) is 5.91 Å². The lowest BCUT2D eigenvalue weighted by Crippen LogP contribution is -2.40. The van der Waals surface area contributed by atoms with E-state index in [1.54, 1.807) is 0 Å². The summed E-state index contributed by atoms with van der Waals surface area (Å²) in [6.45, 7) is 5.68. The van der Waals surface area contributed by atoms with Crippen LogP contribution in [0.15, 0.2) is 54.6 Å². The van der Waals surface area contributed by atoms with Gasteiger partial charge in [-0.1, -0.05) is 37.3 Å². The Labute approximate surface area is 182 Å². The highest BCUT2D eigenvalue weighted by Crippen LogP contribution is 2.27. The van der Waals surface area contributed by atoms with Gasteiger partial charge in [-0.2, -0.15) is 0 Å². The summed E-state index contributed by atoms with van der Waals surface area (Å²) in [5.74, 6) is -0.158. The van der Waals surface area contributed by atoms with Crippen molar-refractivity contribution in [2.24, 2.45) is 0 Å². The van der Waals surface area contributed by atoms with Gasteiger partial charge in [0.1, 0.15) is 5.69 Å². The number of fused-ring (bicyclic) bond motifs is 1. The van der Waals surface area contributed by atoms with Crippen LogP contribution in [0.3, 0.4) is 0 Å². The van der Waals surface area contributed by atoms with Crippen molar-refractivity contribution >= 4 is 28.4 Å². The molecule has 2 heterocycles. The van der Waals surface area contributed by atoms with E-state index in [4.69, 9.17) is 4.74 Å². The molecule has 31 heavy (non-hydrogen) atoms. The zero-order valence-corrected chi connectivity index (χ0v) is 18.1. The van der Waals surface area contributed by atoms with E-state index in [0.29, 0.717) is 25.2 Å². The zero-order valence-electron chi connectivity index (χ0n) is 18.1. The molecular weight excluding hydrogens is 390 g/mol. The first-order chi connectivity index (χ1) is 15.0. The number of rotatable bonds is 7. The largest absolute Gasteiger partial charge is 0.373 e. The fourth-order valence-electron chi connectivity index (χ4n) is 4.06. The molecule has 2 N–H and O–H groups in total. The summed E-state index contributed by atoms with van der Waals surface area (Å²) >= 11 is 0. The number of nitrogens with zero attached hydrogens (tertiary/aromatic N) is 1. The number of carbonyl (C=O) groups excluding carboxylic acids is 2. The Hall–Kier alpha value is -3.12. The number of carbonyl (C=O) groups is 2. The number of benzene rings is 2. The minimum atomic E-state index is -0.302. The fraction of sp³-hybridized carbons (Fsp3) is 0.360. The van der Waals surface area contributed by atoms with Crippen LogP contribution in [-0.2, 0) is 16.1 Å². The van der Waals surface area contributed by atoms with Crippen molar-refractivity contribution in [1.29, 1.82) is 0 Å². The van der Waals surface area contributed by atoms with Crippen LogP contribution in [-0.4, -0.2) is 35.1 Å². The zero-order chi connectivity index (χ0) is 21.8. The lowest BCUT2D eigenvalue weighted by molar-refractivity contribution is -0.115. The van der Waals surface area contributed by atoms with Gasteiger partial charge in [0.15, 0.2) is 0 Å². The molecule has 1 atom stereocenters. The van der Waals surface area contributed by atoms with E-state index in [0.717, 1.165) is 41.6 Å². The van der Waals surface area contributed by atoms with Crippen LogP contribution in [0.4, 0.5) is 5.69 Å². The Morgan fingerprint density at radius 2 is 1.94 bits per heavy atom. The van der Waals surface area contributed by atoms with Crippen molar-refractivity contribution < 1.29 is 14.3 Å². The minimum absolute atomic E-state index is 0.0363. The smallest absolute Gasteiger partial charge is 0.268 e. The monoisotopic (exact) mass is 419 g/mol. The van der Waals surface area contributed by atoms with Crippen molar-refractivity contribution in [2.45, 2.75) is 45.3 Å². The molecule has 0 saturated carbocycles. The Balaban J connectivity index is 1.66. The van der Waals surface area contributed by atoms with Crippen molar-refractivity contribution in [2.75, 3.05) is 18.5 Å². The predicted octanol–water partition coefficient (Wildman–Crippen LogP) is 4.34. The van der Waals surface area contributed by atoms with Crippen molar-refractivity contribution in [1.82, 2.24) is 9.88 Å². The lowest BCUT2D eigenvalue weighted by Gasteiger charge is -2.23. The molecule has 1 fully saturated rings. The van der Waals surface area contributed by atoms with E-state index in [2.05, 4.69) is 22.8 Å². The van der Waals surface area contributed by atoms with Crippen LogP contribution in [0.25, 0.3) is 10.9 Å². The van der Waals surface area contributed by atoms with E-state index in [-0.39, 0.29) is 17.4 Å². The molecule has 1 saturated heterocycles. The van der Waals surface area contributed by atoms with Gasteiger partial charge in [-0.15, -0.1) is 0 Å². The Kier molecular flexibility index (Phi) is 6.09. The molecule has 0 radical (unpaired) electrons. The van der Waals surface area contributed by atoms with E-state index in [1.807, 2.05) is 60.9 Å². The Bertz CT molecular complexity index is 1080. The number of hydrogen-bond donors (Lipinski definition) is 2. The van der Waals surface area contributed by atoms with Gasteiger partial charge in [0.25, 0.3) is 5.91 Å². The van der Waals surface area contributed by atoms with Crippen LogP contribution in [0.2, 0.25) is 0 Å². The summed E-state index contributed by atoms with van der Waals surface area (Å²) in [6, 6.07) is 17.7. The van der Waals surface area contributed by atoms with Crippen molar-refractivity contribution in [3.05, 3.63) is 65.9 Å². The molecule has 2 aromatic carbocycles. The van der Waals surface area contributed by atoms with Gasteiger partial charge < -0.3 is 19.9 Å². The van der Waals surface area contributed by atoms with Crippen LogP contribution in [0, 0.1) is 0 Å². The second kappa shape index (κ2) is 8.94. The quantitative estimate of drug-likeness (QED) is 0.598.